The van der Waals surface area contributed by atoms with Gasteiger partial charge in [0.15, 0.2) is 0 Å². The molecule has 1 aromatic rings. The van der Waals surface area contributed by atoms with Gasteiger partial charge in [-0.05, 0) is 55.5 Å². The molecule has 0 spiro atoms. The molecule has 0 saturated carbocycles. The maximum absolute atomic E-state index is 13.2. The molecule has 1 atom stereocenters. The largest absolute Gasteiger partial charge is 0.396 e. The van der Waals surface area contributed by atoms with Crippen LogP contribution in [-0.2, 0) is 12.0 Å². The van der Waals surface area contributed by atoms with Gasteiger partial charge in [0.1, 0.15) is 5.82 Å². The highest BCUT2D eigenvalue weighted by atomic mass is 19.1. The SMILES string of the molecule is CCCNC1(CCO)CCc2cc(F)ccc21. The minimum Gasteiger partial charge on any atom is -0.396 e. The van der Waals surface area contributed by atoms with Gasteiger partial charge >= 0.3 is 0 Å². The minimum atomic E-state index is -0.168. The Hall–Kier alpha value is -0.930. The van der Waals surface area contributed by atoms with E-state index < -0.39 is 0 Å². The van der Waals surface area contributed by atoms with Crippen LogP contribution in [0.15, 0.2) is 18.2 Å². The smallest absolute Gasteiger partial charge is 0.123 e. The second-order valence-electron chi connectivity index (χ2n) is 4.78. The molecular formula is C14H20FNO. The van der Waals surface area contributed by atoms with Gasteiger partial charge in [-0.25, -0.2) is 4.39 Å². The van der Waals surface area contributed by atoms with Crippen molar-refractivity contribution < 1.29 is 9.50 Å². The second kappa shape index (κ2) is 5.15. The van der Waals surface area contributed by atoms with E-state index in [0.29, 0.717) is 6.42 Å². The van der Waals surface area contributed by atoms with Crippen LogP contribution in [0.3, 0.4) is 0 Å². The van der Waals surface area contributed by atoms with Crippen molar-refractivity contribution in [3.05, 3.63) is 35.1 Å². The van der Waals surface area contributed by atoms with Crippen LogP contribution < -0.4 is 5.32 Å². The number of aliphatic hydroxyl groups excluding tert-OH is 1. The third-order valence-electron chi connectivity index (χ3n) is 3.66. The monoisotopic (exact) mass is 237 g/mol. The molecule has 0 aromatic heterocycles. The fraction of sp³-hybridized carbons (Fsp3) is 0.571. The molecule has 0 radical (unpaired) electrons. The van der Waals surface area contributed by atoms with E-state index in [1.54, 1.807) is 6.07 Å². The topological polar surface area (TPSA) is 32.3 Å². The first kappa shape index (κ1) is 12.5. The number of fused-ring (bicyclic) bond motifs is 1. The van der Waals surface area contributed by atoms with Crippen molar-refractivity contribution in [3.8, 4) is 0 Å². The van der Waals surface area contributed by atoms with Crippen molar-refractivity contribution >= 4 is 0 Å². The average Bonchev–Trinajstić information content (AvgIpc) is 2.66. The number of nitrogens with one attached hydrogen (secondary N) is 1. The lowest BCUT2D eigenvalue weighted by atomic mass is 9.88. The van der Waals surface area contributed by atoms with Gasteiger partial charge in [-0.2, -0.15) is 0 Å². The molecule has 0 aliphatic heterocycles. The van der Waals surface area contributed by atoms with E-state index in [4.69, 9.17) is 0 Å². The number of aliphatic hydroxyl groups is 1. The standard InChI is InChI=1S/C14H20FNO/c1-2-8-16-14(7-9-17)6-5-11-10-12(15)3-4-13(11)14/h3-4,10,16-17H,2,5-9H2,1H3. The van der Waals surface area contributed by atoms with Crippen LogP contribution in [-0.4, -0.2) is 18.3 Å². The summed E-state index contributed by atoms with van der Waals surface area (Å²) in [5.74, 6) is -0.168. The Kier molecular flexibility index (Phi) is 3.79. The number of hydrogen-bond donors (Lipinski definition) is 2. The van der Waals surface area contributed by atoms with E-state index in [2.05, 4.69) is 12.2 Å². The molecule has 17 heavy (non-hydrogen) atoms. The Morgan fingerprint density at radius 3 is 3.00 bits per heavy atom. The lowest BCUT2D eigenvalue weighted by molar-refractivity contribution is 0.208. The van der Waals surface area contributed by atoms with Crippen LogP contribution in [0.1, 0.15) is 37.3 Å². The van der Waals surface area contributed by atoms with E-state index in [-0.39, 0.29) is 18.0 Å². The molecule has 3 heteroatoms. The van der Waals surface area contributed by atoms with E-state index in [1.165, 1.54) is 11.6 Å². The predicted molar refractivity (Wildman–Crippen MR) is 66.4 cm³/mol. The Bertz CT molecular complexity index is 394. The summed E-state index contributed by atoms with van der Waals surface area (Å²) in [6, 6.07) is 5.02. The van der Waals surface area contributed by atoms with Gasteiger partial charge in [0.05, 0.1) is 0 Å². The lowest BCUT2D eigenvalue weighted by Crippen LogP contribution is -2.41. The lowest BCUT2D eigenvalue weighted by Gasteiger charge is -2.31. The fourth-order valence-electron chi connectivity index (χ4n) is 2.81. The van der Waals surface area contributed by atoms with Gasteiger partial charge in [0.2, 0.25) is 0 Å². The van der Waals surface area contributed by atoms with Crippen LogP contribution in [0.4, 0.5) is 4.39 Å². The van der Waals surface area contributed by atoms with Crippen molar-refractivity contribution in [2.75, 3.05) is 13.2 Å². The Morgan fingerprint density at radius 1 is 1.47 bits per heavy atom. The molecule has 0 bridgehead atoms. The van der Waals surface area contributed by atoms with Crippen molar-refractivity contribution in [1.29, 1.82) is 0 Å². The van der Waals surface area contributed by atoms with Crippen LogP contribution in [0.5, 0.6) is 0 Å². The second-order valence-corrected chi connectivity index (χ2v) is 4.78. The molecule has 0 fully saturated rings. The highest BCUT2D eigenvalue weighted by molar-refractivity contribution is 5.39. The molecule has 1 aliphatic rings. The summed E-state index contributed by atoms with van der Waals surface area (Å²) in [5.41, 5.74) is 2.11. The summed E-state index contributed by atoms with van der Waals surface area (Å²) in [6.45, 7) is 3.21. The molecule has 0 amide bonds. The Balaban J connectivity index is 2.31. The van der Waals surface area contributed by atoms with Gasteiger partial charge in [-0.15, -0.1) is 0 Å². The van der Waals surface area contributed by atoms with Crippen LogP contribution >= 0.6 is 0 Å². The zero-order valence-corrected chi connectivity index (χ0v) is 10.3. The van der Waals surface area contributed by atoms with Gasteiger partial charge in [0, 0.05) is 12.1 Å². The predicted octanol–water partition coefficient (Wildman–Crippen LogP) is 2.35. The third-order valence-corrected chi connectivity index (χ3v) is 3.66. The van der Waals surface area contributed by atoms with Gasteiger partial charge in [-0.1, -0.05) is 13.0 Å². The summed E-state index contributed by atoms with van der Waals surface area (Å²) in [6.07, 6.45) is 3.60. The zero-order valence-electron chi connectivity index (χ0n) is 10.3. The molecule has 0 heterocycles. The first-order valence-corrected chi connectivity index (χ1v) is 6.36. The Labute approximate surface area is 102 Å². The van der Waals surface area contributed by atoms with E-state index in [0.717, 1.165) is 31.4 Å². The van der Waals surface area contributed by atoms with E-state index in [9.17, 15) is 9.50 Å². The first-order valence-electron chi connectivity index (χ1n) is 6.36. The van der Waals surface area contributed by atoms with E-state index in [1.807, 2.05) is 6.07 Å². The average molecular weight is 237 g/mol. The molecule has 1 unspecified atom stereocenters. The van der Waals surface area contributed by atoms with Crippen LogP contribution in [0.25, 0.3) is 0 Å². The highest BCUT2D eigenvalue weighted by Crippen LogP contribution is 2.39. The van der Waals surface area contributed by atoms with Crippen molar-refractivity contribution in [2.45, 2.75) is 38.1 Å². The summed E-state index contributed by atoms with van der Waals surface area (Å²) in [4.78, 5) is 0. The molecule has 2 nitrogen and oxygen atoms in total. The van der Waals surface area contributed by atoms with E-state index >= 15 is 0 Å². The fourth-order valence-corrected chi connectivity index (χ4v) is 2.81. The maximum Gasteiger partial charge on any atom is 0.123 e. The van der Waals surface area contributed by atoms with Crippen molar-refractivity contribution in [2.24, 2.45) is 0 Å². The van der Waals surface area contributed by atoms with Gasteiger partial charge in [-0.3, -0.25) is 0 Å². The maximum atomic E-state index is 13.2. The number of aryl methyl sites for hydroxylation is 1. The zero-order chi connectivity index (χ0) is 12.3. The van der Waals surface area contributed by atoms with Crippen LogP contribution in [0.2, 0.25) is 0 Å². The number of halogens is 1. The Morgan fingerprint density at radius 2 is 2.29 bits per heavy atom. The quantitative estimate of drug-likeness (QED) is 0.824. The summed E-state index contributed by atoms with van der Waals surface area (Å²) in [7, 11) is 0. The minimum absolute atomic E-state index is 0.145. The number of benzene rings is 1. The summed E-state index contributed by atoms with van der Waals surface area (Å²) in [5, 5.41) is 12.8. The van der Waals surface area contributed by atoms with Crippen LogP contribution in [0, 0.1) is 5.82 Å². The molecule has 2 N–H and O–H groups in total. The molecule has 94 valence electrons. The first-order chi connectivity index (χ1) is 8.22. The highest BCUT2D eigenvalue weighted by Gasteiger charge is 2.37. The normalized spacial score (nSPS) is 22.8. The third kappa shape index (κ3) is 2.35. The summed E-state index contributed by atoms with van der Waals surface area (Å²) < 4.78 is 13.2. The number of hydrogen-bond acceptors (Lipinski definition) is 2. The molecule has 1 aromatic carbocycles. The van der Waals surface area contributed by atoms with Crippen molar-refractivity contribution in [3.63, 3.8) is 0 Å². The van der Waals surface area contributed by atoms with Gasteiger partial charge < -0.3 is 10.4 Å². The van der Waals surface area contributed by atoms with Crippen molar-refractivity contribution in [1.82, 2.24) is 5.32 Å². The number of rotatable bonds is 5. The summed E-state index contributed by atoms with van der Waals surface area (Å²) >= 11 is 0. The molecule has 1 aliphatic carbocycles. The molecular weight excluding hydrogens is 217 g/mol. The molecule has 2 rings (SSSR count). The van der Waals surface area contributed by atoms with Gasteiger partial charge in [0.25, 0.3) is 0 Å². The molecule has 0 saturated heterocycles.